The molecule has 8 heteroatoms. The van der Waals surface area contributed by atoms with Crippen LogP contribution in [-0.4, -0.2) is 33.8 Å². The van der Waals surface area contributed by atoms with Gasteiger partial charge in [-0.3, -0.25) is 19.5 Å². The number of hydrogen-bond acceptors (Lipinski definition) is 5. The van der Waals surface area contributed by atoms with Crippen molar-refractivity contribution in [2.24, 2.45) is 0 Å². The van der Waals surface area contributed by atoms with Crippen LogP contribution < -0.4 is 10.6 Å². The van der Waals surface area contributed by atoms with Crippen molar-refractivity contribution in [3.05, 3.63) is 131 Å². The molecular weight excluding hydrogens is 504 g/mol. The zero-order valence-corrected chi connectivity index (χ0v) is 22.1. The van der Waals surface area contributed by atoms with Crippen molar-refractivity contribution in [2.45, 2.75) is 38.6 Å². The summed E-state index contributed by atoms with van der Waals surface area (Å²) in [5.74, 6) is -0.524. The molecule has 0 bridgehead atoms. The average molecular weight is 535 g/mol. The molecule has 0 spiro atoms. The van der Waals surface area contributed by atoms with Gasteiger partial charge in [-0.1, -0.05) is 78.4 Å². The molecule has 4 aromatic rings. The maximum atomic E-state index is 13.6. The number of rotatable bonds is 9. The topological polar surface area (TPSA) is 101 Å². The maximum absolute atomic E-state index is 13.6. The number of ether oxygens (including phenoxy) is 1. The van der Waals surface area contributed by atoms with Gasteiger partial charge in [0.05, 0.1) is 25.2 Å². The first kappa shape index (κ1) is 26.6. The van der Waals surface area contributed by atoms with Crippen LogP contribution in [-0.2, 0) is 33.8 Å². The van der Waals surface area contributed by atoms with Crippen molar-refractivity contribution >= 4 is 23.6 Å². The molecule has 2 unspecified atom stereocenters. The number of amides is 3. The molecule has 1 aliphatic heterocycles. The van der Waals surface area contributed by atoms with Gasteiger partial charge in [0.15, 0.2) is 12.1 Å². The third kappa shape index (κ3) is 6.53. The van der Waals surface area contributed by atoms with Gasteiger partial charge in [0, 0.05) is 11.9 Å². The Morgan fingerprint density at radius 1 is 0.900 bits per heavy atom. The normalized spacial score (nSPS) is 16.3. The maximum Gasteiger partial charge on any atom is 0.411 e. The number of carbonyl (C=O) groups excluding carboxylic acids is 3. The first-order valence-corrected chi connectivity index (χ1v) is 13.1. The van der Waals surface area contributed by atoms with Crippen LogP contribution in [0, 0.1) is 6.92 Å². The van der Waals surface area contributed by atoms with E-state index in [0.29, 0.717) is 16.9 Å². The van der Waals surface area contributed by atoms with E-state index in [-0.39, 0.29) is 31.3 Å². The minimum Gasteiger partial charge on any atom is -0.438 e. The summed E-state index contributed by atoms with van der Waals surface area (Å²) in [5.41, 5.74) is 4.74. The van der Waals surface area contributed by atoms with Gasteiger partial charge in [0.25, 0.3) is 0 Å². The van der Waals surface area contributed by atoms with E-state index >= 15 is 0 Å². The molecule has 5 rings (SSSR count). The van der Waals surface area contributed by atoms with Gasteiger partial charge in [-0.05, 0) is 47.9 Å². The average Bonchev–Trinajstić information content (AvgIpc) is 3.29. The zero-order valence-electron chi connectivity index (χ0n) is 22.1. The van der Waals surface area contributed by atoms with Gasteiger partial charge in [-0.2, -0.15) is 0 Å². The number of aromatic nitrogens is 1. The lowest BCUT2D eigenvalue weighted by atomic mass is 10.00. The summed E-state index contributed by atoms with van der Waals surface area (Å²) >= 11 is 0. The second-order valence-corrected chi connectivity index (χ2v) is 9.74. The largest absolute Gasteiger partial charge is 0.438 e. The van der Waals surface area contributed by atoms with Gasteiger partial charge in [0.2, 0.25) is 11.8 Å². The lowest BCUT2D eigenvalue weighted by molar-refractivity contribution is -0.126. The number of pyridine rings is 1. The summed E-state index contributed by atoms with van der Waals surface area (Å²) in [4.78, 5) is 45.1. The highest BCUT2D eigenvalue weighted by molar-refractivity contribution is 5.92. The highest BCUT2D eigenvalue weighted by Crippen LogP contribution is 2.35. The second kappa shape index (κ2) is 12.3. The Bertz CT molecular complexity index is 1480. The standard InChI is InChI=1S/C32H30N4O4/c1-22-13-15-24(16-14-22)21-36-29(31(38)34-20-27-11-5-6-17-33-27)30(40-32(36)39)25-10-7-12-26(19-25)35-28(37)18-23-8-3-2-4-9-23/h2-17,19,29-30H,18,20-21H2,1H3,(H,34,38)(H,35,37). The number of anilines is 1. The summed E-state index contributed by atoms with van der Waals surface area (Å²) in [6, 6.07) is 28.9. The summed E-state index contributed by atoms with van der Waals surface area (Å²) in [6.45, 7) is 2.42. The number of nitrogens with zero attached hydrogens (tertiary/aromatic N) is 2. The molecule has 0 saturated carbocycles. The Hall–Kier alpha value is -4.98. The van der Waals surface area contributed by atoms with Crippen LogP contribution in [0.3, 0.4) is 0 Å². The molecule has 1 aromatic heterocycles. The molecule has 1 saturated heterocycles. The van der Waals surface area contributed by atoms with Gasteiger partial charge in [0.1, 0.15) is 0 Å². The molecule has 1 aliphatic rings. The van der Waals surface area contributed by atoms with Crippen molar-refractivity contribution in [3.63, 3.8) is 0 Å². The molecule has 2 atom stereocenters. The minimum atomic E-state index is -0.923. The number of nitrogens with one attached hydrogen (secondary N) is 2. The first-order chi connectivity index (χ1) is 19.5. The van der Waals surface area contributed by atoms with Crippen LogP contribution in [0.25, 0.3) is 0 Å². The fourth-order valence-corrected chi connectivity index (χ4v) is 4.66. The Labute approximate surface area is 233 Å². The Morgan fingerprint density at radius 2 is 1.68 bits per heavy atom. The van der Waals surface area contributed by atoms with Crippen LogP contribution in [0.2, 0.25) is 0 Å². The Morgan fingerprint density at radius 3 is 2.42 bits per heavy atom. The highest BCUT2D eigenvalue weighted by atomic mass is 16.6. The van der Waals surface area contributed by atoms with Crippen molar-refractivity contribution in [3.8, 4) is 0 Å². The summed E-state index contributed by atoms with van der Waals surface area (Å²) in [5, 5.41) is 5.83. The van der Waals surface area contributed by atoms with E-state index in [1.54, 1.807) is 36.5 Å². The van der Waals surface area contributed by atoms with Crippen molar-refractivity contribution in [1.82, 2.24) is 15.2 Å². The lowest BCUT2D eigenvalue weighted by Crippen LogP contribution is -2.46. The molecule has 202 valence electrons. The summed E-state index contributed by atoms with van der Waals surface area (Å²) in [6.07, 6.45) is 0.440. The van der Waals surface area contributed by atoms with E-state index in [4.69, 9.17) is 4.74 Å². The SMILES string of the molecule is Cc1ccc(CN2C(=O)OC(c3cccc(NC(=O)Cc4ccccc4)c3)C2C(=O)NCc2ccccn2)cc1. The van der Waals surface area contributed by atoms with E-state index in [0.717, 1.165) is 16.7 Å². The molecule has 3 amide bonds. The van der Waals surface area contributed by atoms with Gasteiger partial charge in [-0.15, -0.1) is 0 Å². The smallest absolute Gasteiger partial charge is 0.411 e. The number of aryl methyl sites for hydroxylation is 1. The monoisotopic (exact) mass is 534 g/mol. The quantitative estimate of drug-likeness (QED) is 0.317. The van der Waals surface area contributed by atoms with Crippen molar-refractivity contribution in [2.75, 3.05) is 5.32 Å². The van der Waals surface area contributed by atoms with E-state index in [1.807, 2.05) is 73.7 Å². The number of hydrogen-bond donors (Lipinski definition) is 2. The van der Waals surface area contributed by atoms with Crippen LogP contribution in [0.15, 0.2) is 103 Å². The van der Waals surface area contributed by atoms with Gasteiger partial charge in [-0.25, -0.2) is 4.79 Å². The van der Waals surface area contributed by atoms with Gasteiger partial charge >= 0.3 is 6.09 Å². The second-order valence-electron chi connectivity index (χ2n) is 9.74. The molecule has 2 heterocycles. The minimum absolute atomic E-state index is 0.169. The number of carbonyl (C=O) groups is 3. The van der Waals surface area contributed by atoms with E-state index in [2.05, 4.69) is 15.6 Å². The Balaban J connectivity index is 1.37. The third-order valence-corrected chi connectivity index (χ3v) is 6.70. The highest BCUT2D eigenvalue weighted by Gasteiger charge is 2.47. The van der Waals surface area contributed by atoms with E-state index < -0.39 is 18.2 Å². The molecule has 2 N–H and O–H groups in total. The van der Waals surface area contributed by atoms with Gasteiger partial charge < -0.3 is 15.4 Å². The zero-order chi connectivity index (χ0) is 27.9. The third-order valence-electron chi connectivity index (χ3n) is 6.70. The van der Waals surface area contributed by atoms with E-state index in [1.165, 1.54) is 4.90 Å². The predicted octanol–water partition coefficient (Wildman–Crippen LogP) is 4.95. The molecule has 1 fully saturated rings. The molecule has 3 aromatic carbocycles. The fraction of sp³-hybridized carbons (Fsp3) is 0.188. The lowest BCUT2D eigenvalue weighted by Gasteiger charge is -2.24. The molecule has 0 radical (unpaired) electrons. The van der Waals surface area contributed by atoms with Crippen LogP contribution >= 0.6 is 0 Å². The first-order valence-electron chi connectivity index (χ1n) is 13.1. The molecule has 40 heavy (non-hydrogen) atoms. The van der Waals surface area contributed by atoms with E-state index in [9.17, 15) is 14.4 Å². The summed E-state index contributed by atoms with van der Waals surface area (Å²) < 4.78 is 5.80. The van der Waals surface area contributed by atoms with Crippen molar-refractivity contribution in [1.29, 1.82) is 0 Å². The number of cyclic esters (lactones) is 1. The van der Waals surface area contributed by atoms with Crippen LogP contribution in [0.5, 0.6) is 0 Å². The molecule has 0 aliphatic carbocycles. The summed E-state index contributed by atoms with van der Waals surface area (Å²) in [7, 11) is 0. The Kier molecular flexibility index (Phi) is 8.15. The predicted molar refractivity (Wildman–Crippen MR) is 151 cm³/mol. The number of benzene rings is 3. The van der Waals surface area contributed by atoms with Crippen molar-refractivity contribution < 1.29 is 19.1 Å². The van der Waals surface area contributed by atoms with Crippen LogP contribution in [0.1, 0.15) is 34.1 Å². The van der Waals surface area contributed by atoms with Crippen LogP contribution in [0.4, 0.5) is 10.5 Å². The molecule has 8 nitrogen and oxygen atoms in total. The molecular formula is C32H30N4O4. The fourth-order valence-electron chi connectivity index (χ4n) is 4.66.